The van der Waals surface area contributed by atoms with Crippen LogP contribution in [0.25, 0.3) is 22.2 Å². The van der Waals surface area contributed by atoms with E-state index in [1.54, 1.807) is 12.4 Å². The monoisotopic (exact) mass is 346 g/mol. The predicted molar refractivity (Wildman–Crippen MR) is 102 cm³/mol. The zero-order valence-electron chi connectivity index (χ0n) is 15.2. The van der Waals surface area contributed by atoms with Gasteiger partial charge in [0.15, 0.2) is 0 Å². The summed E-state index contributed by atoms with van der Waals surface area (Å²) in [5, 5.41) is 0.905. The largest absolute Gasteiger partial charge is 0.339 e. The van der Waals surface area contributed by atoms with Crippen molar-refractivity contribution in [3.63, 3.8) is 0 Å². The van der Waals surface area contributed by atoms with Gasteiger partial charge in [0.1, 0.15) is 5.82 Å². The number of carbonyl (C=O) groups excluding carboxylic acids is 1. The molecule has 3 aromatic rings. The Labute approximate surface area is 153 Å². The number of aromatic nitrogens is 3. The SMILES string of the molecule is CCc1ncc(-c2cc(C(=O)N3CCCC3)c3ccc(C)cc3n2)cn1. The average Bonchev–Trinajstić information content (AvgIpc) is 3.21. The highest BCUT2D eigenvalue weighted by atomic mass is 16.2. The van der Waals surface area contributed by atoms with E-state index in [0.29, 0.717) is 5.56 Å². The average molecular weight is 346 g/mol. The van der Waals surface area contributed by atoms with Crippen LogP contribution in [0.4, 0.5) is 0 Å². The van der Waals surface area contributed by atoms with Gasteiger partial charge in [0.25, 0.3) is 5.91 Å². The first kappa shape index (κ1) is 16.6. The first-order chi connectivity index (χ1) is 12.7. The number of fused-ring (bicyclic) bond motifs is 1. The van der Waals surface area contributed by atoms with E-state index in [1.807, 2.05) is 43.0 Å². The van der Waals surface area contributed by atoms with E-state index in [2.05, 4.69) is 9.97 Å². The Bertz CT molecular complexity index is 960. The Morgan fingerprint density at radius 3 is 2.54 bits per heavy atom. The van der Waals surface area contributed by atoms with Crippen LogP contribution < -0.4 is 0 Å². The second-order valence-electron chi connectivity index (χ2n) is 6.82. The molecule has 2 aromatic heterocycles. The van der Waals surface area contributed by atoms with Gasteiger partial charge in [-0.15, -0.1) is 0 Å². The van der Waals surface area contributed by atoms with Gasteiger partial charge >= 0.3 is 0 Å². The van der Waals surface area contributed by atoms with Crippen LogP contribution in [-0.2, 0) is 6.42 Å². The summed E-state index contributed by atoms with van der Waals surface area (Å²) >= 11 is 0. The number of nitrogens with zero attached hydrogens (tertiary/aromatic N) is 4. The summed E-state index contributed by atoms with van der Waals surface area (Å²) in [6.45, 7) is 5.73. The highest BCUT2D eigenvalue weighted by Gasteiger charge is 2.22. The summed E-state index contributed by atoms with van der Waals surface area (Å²) in [7, 11) is 0. The fourth-order valence-electron chi connectivity index (χ4n) is 3.42. The first-order valence-corrected chi connectivity index (χ1v) is 9.17. The highest BCUT2D eigenvalue weighted by Crippen LogP contribution is 2.27. The number of rotatable bonds is 3. The van der Waals surface area contributed by atoms with Gasteiger partial charge < -0.3 is 4.90 Å². The number of likely N-dealkylation sites (tertiary alicyclic amines) is 1. The molecule has 1 saturated heterocycles. The van der Waals surface area contributed by atoms with Crippen LogP contribution in [0.3, 0.4) is 0 Å². The molecule has 0 aliphatic carbocycles. The van der Waals surface area contributed by atoms with E-state index < -0.39 is 0 Å². The van der Waals surface area contributed by atoms with Gasteiger partial charge in [0, 0.05) is 42.9 Å². The van der Waals surface area contributed by atoms with E-state index in [9.17, 15) is 4.79 Å². The lowest BCUT2D eigenvalue weighted by Gasteiger charge is -2.17. The molecule has 1 aliphatic heterocycles. The molecule has 26 heavy (non-hydrogen) atoms. The second-order valence-corrected chi connectivity index (χ2v) is 6.82. The Hall–Kier alpha value is -2.82. The van der Waals surface area contributed by atoms with Gasteiger partial charge in [0.05, 0.1) is 16.8 Å². The van der Waals surface area contributed by atoms with Gasteiger partial charge in [0.2, 0.25) is 0 Å². The number of amides is 1. The first-order valence-electron chi connectivity index (χ1n) is 9.17. The van der Waals surface area contributed by atoms with Crippen LogP contribution in [0.5, 0.6) is 0 Å². The van der Waals surface area contributed by atoms with Crippen LogP contribution in [-0.4, -0.2) is 38.8 Å². The zero-order valence-corrected chi connectivity index (χ0v) is 15.2. The Balaban J connectivity index is 1.86. The third-order valence-corrected chi connectivity index (χ3v) is 4.91. The molecule has 132 valence electrons. The third kappa shape index (κ3) is 3.05. The van der Waals surface area contributed by atoms with Crippen LogP contribution >= 0.6 is 0 Å². The maximum Gasteiger partial charge on any atom is 0.254 e. The Morgan fingerprint density at radius 1 is 1.12 bits per heavy atom. The van der Waals surface area contributed by atoms with E-state index in [1.165, 1.54) is 0 Å². The van der Waals surface area contributed by atoms with Crippen molar-refractivity contribution in [1.29, 1.82) is 0 Å². The summed E-state index contributed by atoms with van der Waals surface area (Å²) < 4.78 is 0. The van der Waals surface area contributed by atoms with Gasteiger partial charge in [-0.3, -0.25) is 4.79 Å². The molecule has 0 saturated carbocycles. The van der Waals surface area contributed by atoms with Crippen LogP contribution in [0.1, 0.15) is 41.5 Å². The summed E-state index contributed by atoms with van der Waals surface area (Å²) in [6, 6.07) is 7.95. The number of carbonyl (C=O) groups is 1. The number of benzene rings is 1. The lowest BCUT2D eigenvalue weighted by Crippen LogP contribution is -2.27. The standard InChI is InChI=1S/C21H22N4O/c1-3-20-22-12-15(13-23-20)18-11-17(21(26)25-8-4-5-9-25)16-7-6-14(2)10-19(16)24-18/h6-7,10-13H,3-5,8-9H2,1-2H3. The quantitative estimate of drug-likeness (QED) is 0.724. The lowest BCUT2D eigenvalue weighted by molar-refractivity contribution is 0.0794. The molecule has 5 nitrogen and oxygen atoms in total. The molecule has 1 aliphatic rings. The fraction of sp³-hybridized carbons (Fsp3) is 0.333. The van der Waals surface area contributed by atoms with Gasteiger partial charge in [-0.25, -0.2) is 15.0 Å². The molecule has 0 bridgehead atoms. The van der Waals surface area contributed by atoms with E-state index in [0.717, 1.165) is 65.9 Å². The fourth-order valence-corrected chi connectivity index (χ4v) is 3.42. The van der Waals surface area contributed by atoms with Crippen molar-refractivity contribution in [1.82, 2.24) is 19.9 Å². The maximum atomic E-state index is 13.1. The maximum absolute atomic E-state index is 13.1. The molecular weight excluding hydrogens is 324 g/mol. The summed E-state index contributed by atoms with van der Waals surface area (Å²) in [5.41, 5.74) is 4.25. The van der Waals surface area contributed by atoms with Crippen molar-refractivity contribution in [2.24, 2.45) is 0 Å². The minimum atomic E-state index is 0.0890. The lowest BCUT2D eigenvalue weighted by atomic mass is 10.0. The smallest absolute Gasteiger partial charge is 0.254 e. The minimum Gasteiger partial charge on any atom is -0.339 e. The van der Waals surface area contributed by atoms with Crippen molar-refractivity contribution >= 4 is 16.8 Å². The van der Waals surface area contributed by atoms with Crippen molar-refractivity contribution in [2.45, 2.75) is 33.1 Å². The van der Waals surface area contributed by atoms with E-state index >= 15 is 0 Å². The molecule has 0 atom stereocenters. The van der Waals surface area contributed by atoms with Gasteiger partial charge in [-0.05, 0) is 37.5 Å². The molecule has 1 aromatic carbocycles. The van der Waals surface area contributed by atoms with Crippen molar-refractivity contribution in [2.75, 3.05) is 13.1 Å². The predicted octanol–water partition coefficient (Wildman–Crippen LogP) is 3.80. The number of aryl methyl sites for hydroxylation is 2. The molecule has 5 heteroatoms. The molecule has 1 fully saturated rings. The number of pyridine rings is 1. The van der Waals surface area contributed by atoms with Crippen LogP contribution in [0.15, 0.2) is 36.7 Å². The molecule has 4 rings (SSSR count). The topological polar surface area (TPSA) is 59.0 Å². The van der Waals surface area contributed by atoms with Crippen molar-refractivity contribution in [3.05, 3.63) is 53.6 Å². The molecular formula is C21H22N4O. The van der Waals surface area contributed by atoms with Crippen molar-refractivity contribution < 1.29 is 4.79 Å². The zero-order chi connectivity index (χ0) is 18.1. The molecule has 0 unspecified atom stereocenters. The number of hydrogen-bond acceptors (Lipinski definition) is 4. The van der Waals surface area contributed by atoms with Crippen LogP contribution in [0, 0.1) is 6.92 Å². The van der Waals surface area contributed by atoms with Gasteiger partial charge in [-0.2, -0.15) is 0 Å². The second kappa shape index (κ2) is 6.83. The molecule has 0 radical (unpaired) electrons. The van der Waals surface area contributed by atoms with Crippen molar-refractivity contribution in [3.8, 4) is 11.3 Å². The molecule has 0 spiro atoms. The normalized spacial score (nSPS) is 14.2. The highest BCUT2D eigenvalue weighted by molar-refractivity contribution is 6.07. The molecule has 1 amide bonds. The number of hydrogen-bond donors (Lipinski definition) is 0. The van der Waals surface area contributed by atoms with E-state index in [-0.39, 0.29) is 5.91 Å². The summed E-state index contributed by atoms with van der Waals surface area (Å²) in [5.74, 6) is 0.893. The molecule has 0 N–H and O–H groups in total. The minimum absolute atomic E-state index is 0.0890. The Kier molecular flexibility index (Phi) is 4.37. The summed E-state index contributed by atoms with van der Waals surface area (Å²) in [6.07, 6.45) is 6.53. The Morgan fingerprint density at radius 2 is 1.85 bits per heavy atom. The van der Waals surface area contributed by atoms with E-state index in [4.69, 9.17) is 4.98 Å². The third-order valence-electron chi connectivity index (χ3n) is 4.91. The van der Waals surface area contributed by atoms with Gasteiger partial charge in [-0.1, -0.05) is 19.1 Å². The molecule has 3 heterocycles. The summed E-state index contributed by atoms with van der Waals surface area (Å²) in [4.78, 5) is 28.6. The van der Waals surface area contributed by atoms with Crippen LogP contribution in [0.2, 0.25) is 0 Å².